The van der Waals surface area contributed by atoms with Crippen LogP contribution in [0, 0.1) is 0 Å². The number of nitrogens with zero attached hydrogens (tertiary/aromatic N) is 4. The van der Waals surface area contributed by atoms with E-state index in [0.717, 1.165) is 31.9 Å². The van der Waals surface area contributed by atoms with Gasteiger partial charge in [0.2, 0.25) is 0 Å². The van der Waals surface area contributed by atoms with E-state index < -0.39 is 0 Å². The van der Waals surface area contributed by atoms with Gasteiger partial charge in [0, 0.05) is 32.7 Å². The molecular weight excluding hydrogens is 222 g/mol. The van der Waals surface area contributed by atoms with Crippen LogP contribution in [0.1, 0.15) is 5.69 Å². The summed E-state index contributed by atoms with van der Waals surface area (Å²) in [7, 11) is 0. The number of aromatic nitrogens is 2. The first-order valence-corrected chi connectivity index (χ1v) is 5.58. The summed E-state index contributed by atoms with van der Waals surface area (Å²) in [6, 6.07) is 0. The van der Waals surface area contributed by atoms with E-state index in [0.29, 0.717) is 12.2 Å². The van der Waals surface area contributed by atoms with Gasteiger partial charge < -0.3 is 15.7 Å². The highest BCUT2D eigenvalue weighted by atomic mass is 16.6. The molecule has 1 aromatic rings. The normalized spacial score (nSPS) is 17.4. The summed E-state index contributed by atoms with van der Waals surface area (Å²) in [6.07, 6.45) is 0. The van der Waals surface area contributed by atoms with Crippen molar-refractivity contribution in [3.63, 3.8) is 0 Å². The van der Waals surface area contributed by atoms with Crippen LogP contribution in [0.3, 0.4) is 0 Å². The first kappa shape index (κ1) is 11.9. The van der Waals surface area contributed by atoms with E-state index in [2.05, 4.69) is 31.3 Å². The molecule has 0 unspecified atom stereocenters. The van der Waals surface area contributed by atoms with Crippen LogP contribution >= 0.6 is 0 Å². The van der Waals surface area contributed by atoms with Crippen LogP contribution in [0.2, 0.25) is 0 Å². The Labute approximate surface area is 99.4 Å². The number of anilines is 1. The number of β-amino-alcohol motifs (C(OH)–C–C–N with tert-alkyl or cyclic N) is 1. The van der Waals surface area contributed by atoms with Crippen molar-refractivity contribution in [1.82, 2.24) is 20.1 Å². The van der Waals surface area contributed by atoms with Gasteiger partial charge in [-0.1, -0.05) is 6.58 Å². The molecular formula is C10H17N5O2. The predicted octanol–water partition coefficient (Wildman–Crippen LogP) is -0.768. The van der Waals surface area contributed by atoms with Crippen molar-refractivity contribution < 1.29 is 9.74 Å². The number of hydrogen-bond donors (Lipinski definition) is 2. The summed E-state index contributed by atoms with van der Waals surface area (Å²) in [6.45, 7) is 8.34. The van der Waals surface area contributed by atoms with Crippen molar-refractivity contribution in [3.8, 4) is 0 Å². The summed E-state index contributed by atoms with van der Waals surface area (Å²) in [4.78, 5) is 4.30. The number of hydrogen-bond acceptors (Lipinski definition) is 7. The second-order valence-electron chi connectivity index (χ2n) is 4.00. The zero-order valence-electron chi connectivity index (χ0n) is 9.67. The van der Waals surface area contributed by atoms with Crippen LogP contribution < -0.4 is 5.73 Å². The fraction of sp³-hybridized carbons (Fsp3) is 0.600. The number of nitrogen functional groups attached to an aromatic ring is 1. The second-order valence-corrected chi connectivity index (χ2v) is 4.00. The van der Waals surface area contributed by atoms with E-state index in [4.69, 9.17) is 10.8 Å². The summed E-state index contributed by atoms with van der Waals surface area (Å²) < 4.78 is 4.56. The molecule has 0 bridgehead atoms. The molecule has 0 aromatic carbocycles. The fourth-order valence-electron chi connectivity index (χ4n) is 1.93. The largest absolute Gasteiger partial charge is 0.395 e. The lowest BCUT2D eigenvalue weighted by molar-refractivity contribution is 0.143. The Hall–Kier alpha value is -1.60. The summed E-state index contributed by atoms with van der Waals surface area (Å²) in [5, 5.41) is 16.1. The molecule has 1 aliphatic heterocycles. The van der Waals surface area contributed by atoms with Crippen LogP contribution in [0.5, 0.6) is 0 Å². The first-order chi connectivity index (χ1) is 8.22. The molecule has 2 heterocycles. The maximum absolute atomic E-state index is 8.86. The van der Waals surface area contributed by atoms with Crippen LogP contribution in [-0.4, -0.2) is 64.6 Å². The van der Waals surface area contributed by atoms with Crippen LogP contribution in [0.25, 0.3) is 5.70 Å². The van der Waals surface area contributed by atoms with Gasteiger partial charge in [0.15, 0.2) is 11.5 Å². The predicted molar refractivity (Wildman–Crippen MR) is 62.8 cm³/mol. The van der Waals surface area contributed by atoms with Crippen LogP contribution in [0.4, 0.5) is 5.82 Å². The number of nitrogens with two attached hydrogens (primary N) is 1. The molecule has 0 spiro atoms. The molecule has 0 atom stereocenters. The Balaban J connectivity index is 1.93. The second kappa shape index (κ2) is 5.15. The van der Waals surface area contributed by atoms with E-state index in [1.165, 1.54) is 0 Å². The third-order valence-corrected chi connectivity index (χ3v) is 2.96. The third kappa shape index (κ3) is 2.56. The van der Waals surface area contributed by atoms with Gasteiger partial charge in [-0.05, 0) is 10.3 Å². The van der Waals surface area contributed by atoms with Crippen LogP contribution in [0.15, 0.2) is 11.2 Å². The smallest absolute Gasteiger partial charge is 0.197 e. The standard InChI is InChI=1S/C10H17N5O2/c1-8(9-10(11)13-17-12-9)15-4-2-14(3-5-15)6-7-16/h16H,1-7H2,(H2,11,13). The number of rotatable bonds is 4. The monoisotopic (exact) mass is 239 g/mol. The maximum Gasteiger partial charge on any atom is 0.197 e. The van der Waals surface area contributed by atoms with Crippen molar-refractivity contribution in [1.29, 1.82) is 0 Å². The molecule has 0 aliphatic carbocycles. The molecule has 7 heteroatoms. The zero-order chi connectivity index (χ0) is 12.3. The van der Waals surface area contributed by atoms with Crippen LogP contribution in [-0.2, 0) is 0 Å². The molecule has 1 fully saturated rings. The lowest BCUT2D eigenvalue weighted by Crippen LogP contribution is -2.46. The quantitative estimate of drug-likeness (QED) is 0.713. The molecule has 2 rings (SSSR count). The van der Waals surface area contributed by atoms with Gasteiger partial charge in [-0.3, -0.25) is 4.90 Å². The van der Waals surface area contributed by atoms with Gasteiger partial charge in [0.05, 0.1) is 12.3 Å². The highest BCUT2D eigenvalue weighted by Crippen LogP contribution is 2.20. The highest BCUT2D eigenvalue weighted by molar-refractivity contribution is 5.66. The first-order valence-electron chi connectivity index (χ1n) is 5.58. The van der Waals surface area contributed by atoms with Crippen molar-refractivity contribution in [2.75, 3.05) is 45.1 Å². The number of aliphatic hydroxyl groups excluding tert-OH is 1. The highest BCUT2D eigenvalue weighted by Gasteiger charge is 2.21. The summed E-state index contributed by atoms with van der Waals surface area (Å²) >= 11 is 0. The van der Waals surface area contributed by atoms with Gasteiger partial charge in [-0.15, -0.1) is 0 Å². The minimum absolute atomic E-state index is 0.196. The van der Waals surface area contributed by atoms with Gasteiger partial charge >= 0.3 is 0 Å². The molecule has 94 valence electrons. The average molecular weight is 239 g/mol. The van der Waals surface area contributed by atoms with Gasteiger partial charge in [0.25, 0.3) is 0 Å². The number of aliphatic hydroxyl groups is 1. The topological polar surface area (TPSA) is 91.6 Å². The van der Waals surface area contributed by atoms with Gasteiger partial charge in [0.1, 0.15) is 0 Å². The summed E-state index contributed by atoms with van der Waals surface area (Å²) in [5.41, 5.74) is 6.88. The Morgan fingerprint density at radius 2 is 2.06 bits per heavy atom. The molecule has 7 nitrogen and oxygen atoms in total. The SMILES string of the molecule is C=C(c1nonc1N)N1CCN(CCO)CC1. The Bertz CT molecular complexity index is 384. The van der Waals surface area contributed by atoms with E-state index in [1.807, 2.05) is 0 Å². The Morgan fingerprint density at radius 1 is 1.35 bits per heavy atom. The maximum atomic E-state index is 8.86. The molecule has 1 aromatic heterocycles. The van der Waals surface area contributed by atoms with Gasteiger partial charge in [-0.25, -0.2) is 4.63 Å². The van der Waals surface area contributed by atoms with Crippen molar-refractivity contribution in [2.24, 2.45) is 0 Å². The van der Waals surface area contributed by atoms with E-state index in [-0.39, 0.29) is 12.4 Å². The Morgan fingerprint density at radius 3 is 2.59 bits per heavy atom. The van der Waals surface area contributed by atoms with E-state index in [9.17, 15) is 0 Å². The molecule has 3 N–H and O–H groups in total. The van der Waals surface area contributed by atoms with Crippen molar-refractivity contribution in [2.45, 2.75) is 0 Å². The van der Waals surface area contributed by atoms with Gasteiger partial charge in [-0.2, -0.15) is 0 Å². The Kier molecular flexibility index (Phi) is 3.60. The average Bonchev–Trinajstić information content (AvgIpc) is 2.76. The lowest BCUT2D eigenvalue weighted by Gasteiger charge is -2.36. The minimum atomic E-state index is 0.196. The van der Waals surface area contributed by atoms with Crippen molar-refractivity contribution in [3.05, 3.63) is 12.3 Å². The van der Waals surface area contributed by atoms with Crippen molar-refractivity contribution >= 4 is 11.5 Å². The molecule has 0 saturated carbocycles. The van der Waals surface area contributed by atoms with E-state index >= 15 is 0 Å². The molecule has 0 radical (unpaired) electrons. The molecule has 17 heavy (non-hydrogen) atoms. The zero-order valence-corrected chi connectivity index (χ0v) is 9.67. The fourth-order valence-corrected chi connectivity index (χ4v) is 1.93. The summed E-state index contributed by atoms with van der Waals surface area (Å²) in [5.74, 6) is 0.271. The van der Waals surface area contributed by atoms with E-state index in [1.54, 1.807) is 0 Å². The minimum Gasteiger partial charge on any atom is -0.395 e. The number of piperazine rings is 1. The molecule has 1 saturated heterocycles. The molecule has 1 aliphatic rings. The third-order valence-electron chi connectivity index (χ3n) is 2.96. The molecule has 0 amide bonds. The lowest BCUT2D eigenvalue weighted by atomic mass is 10.2.